The molecule has 1 unspecified atom stereocenters. The molecular formula is C24H25ClN2O2S. The molecule has 1 fully saturated rings. The number of Topliss-reactive ketones (excluding diaryl/α,β-unsaturated/α-hetero) is 1. The summed E-state index contributed by atoms with van der Waals surface area (Å²) in [6.45, 7) is -0.0156. The highest BCUT2D eigenvalue weighted by Crippen LogP contribution is 2.39. The Hall–Kier alpha value is -2.08. The van der Waals surface area contributed by atoms with Crippen molar-refractivity contribution < 1.29 is 9.90 Å². The van der Waals surface area contributed by atoms with Gasteiger partial charge in [0.05, 0.1) is 23.0 Å². The SMILES string of the molecule is CSc1ccc(C(C[C@H]2CCC(=O)C2)c2ccc(-c3ccc(CO)cn3)[nH]2)cc1Cl. The molecule has 6 heteroatoms. The molecule has 2 N–H and O–H groups in total. The van der Waals surface area contributed by atoms with Crippen molar-refractivity contribution in [1.82, 2.24) is 9.97 Å². The van der Waals surface area contributed by atoms with Crippen LogP contribution in [0.2, 0.25) is 5.02 Å². The van der Waals surface area contributed by atoms with Crippen molar-refractivity contribution in [3.05, 3.63) is 70.5 Å². The van der Waals surface area contributed by atoms with Crippen LogP contribution >= 0.6 is 23.4 Å². The van der Waals surface area contributed by atoms with Gasteiger partial charge in [0.2, 0.25) is 0 Å². The number of thioether (sulfide) groups is 1. The van der Waals surface area contributed by atoms with Crippen molar-refractivity contribution in [2.24, 2.45) is 5.92 Å². The number of hydrogen-bond donors (Lipinski definition) is 2. The number of pyridine rings is 1. The van der Waals surface area contributed by atoms with E-state index in [1.54, 1.807) is 18.0 Å². The molecule has 0 bridgehead atoms. The van der Waals surface area contributed by atoms with Crippen LogP contribution in [-0.2, 0) is 11.4 Å². The molecular weight excluding hydrogens is 416 g/mol. The first-order valence-corrected chi connectivity index (χ1v) is 11.8. The standard InChI is InChI=1S/C24H25ClN2O2S/c1-30-24-9-4-17(12-20(24)25)19(11-15-2-5-18(29)10-15)21-7-8-23(27-21)22-6-3-16(14-28)13-26-22/h3-4,6-9,12-13,15,19,27-28H,2,5,10-11,14H2,1H3/t15-,19?/m0/s1. The number of halogens is 1. The third-order valence-electron chi connectivity index (χ3n) is 5.86. The highest BCUT2D eigenvalue weighted by molar-refractivity contribution is 7.98. The molecule has 1 aliphatic rings. The summed E-state index contributed by atoms with van der Waals surface area (Å²) in [6.07, 6.45) is 6.96. The fourth-order valence-corrected chi connectivity index (χ4v) is 5.09. The number of rotatable bonds is 7. The Morgan fingerprint density at radius 2 is 2.13 bits per heavy atom. The minimum absolute atomic E-state index is 0.0156. The Kier molecular flexibility index (Phi) is 6.61. The summed E-state index contributed by atoms with van der Waals surface area (Å²) < 4.78 is 0. The number of nitrogens with zero attached hydrogens (tertiary/aromatic N) is 1. The fourth-order valence-electron chi connectivity index (χ4n) is 4.21. The molecule has 1 saturated carbocycles. The lowest BCUT2D eigenvalue weighted by Crippen LogP contribution is -2.08. The Morgan fingerprint density at radius 1 is 1.27 bits per heavy atom. The van der Waals surface area contributed by atoms with Crippen LogP contribution in [0.5, 0.6) is 0 Å². The van der Waals surface area contributed by atoms with Crippen molar-refractivity contribution in [3.63, 3.8) is 0 Å². The number of aliphatic hydroxyl groups excluding tert-OH is 1. The number of carbonyl (C=O) groups excluding carboxylic acids is 1. The summed E-state index contributed by atoms with van der Waals surface area (Å²) >= 11 is 8.15. The number of aromatic amines is 1. The molecule has 156 valence electrons. The van der Waals surface area contributed by atoms with Crippen LogP contribution in [0.1, 0.15) is 48.4 Å². The first kappa shape index (κ1) is 21.2. The van der Waals surface area contributed by atoms with Gasteiger partial charge in [-0.05, 0) is 66.5 Å². The third-order valence-corrected chi connectivity index (χ3v) is 7.08. The number of benzene rings is 1. The van der Waals surface area contributed by atoms with Gasteiger partial charge in [-0.3, -0.25) is 9.78 Å². The van der Waals surface area contributed by atoms with E-state index in [2.05, 4.69) is 34.2 Å². The average molecular weight is 441 g/mol. The van der Waals surface area contributed by atoms with Gasteiger partial charge in [0.25, 0.3) is 0 Å². The minimum Gasteiger partial charge on any atom is -0.392 e. The Bertz CT molecular complexity index is 1030. The van der Waals surface area contributed by atoms with Gasteiger partial charge in [-0.1, -0.05) is 23.7 Å². The smallest absolute Gasteiger partial charge is 0.133 e. The highest BCUT2D eigenvalue weighted by Gasteiger charge is 2.28. The summed E-state index contributed by atoms with van der Waals surface area (Å²) in [6, 6.07) is 14.2. The van der Waals surface area contributed by atoms with Crippen molar-refractivity contribution in [1.29, 1.82) is 0 Å². The number of ketones is 1. The topological polar surface area (TPSA) is 66.0 Å². The quantitative estimate of drug-likeness (QED) is 0.453. The lowest BCUT2D eigenvalue weighted by molar-refractivity contribution is -0.117. The number of H-pyrrole nitrogens is 1. The van der Waals surface area contributed by atoms with E-state index in [1.807, 2.05) is 24.5 Å². The zero-order valence-electron chi connectivity index (χ0n) is 16.9. The van der Waals surface area contributed by atoms with Crippen molar-refractivity contribution in [2.45, 2.75) is 43.1 Å². The normalized spacial score (nSPS) is 17.4. The van der Waals surface area contributed by atoms with Gasteiger partial charge in [-0.15, -0.1) is 11.8 Å². The zero-order valence-corrected chi connectivity index (χ0v) is 18.5. The van der Waals surface area contributed by atoms with E-state index < -0.39 is 0 Å². The number of carbonyl (C=O) groups is 1. The molecule has 1 aromatic carbocycles. The summed E-state index contributed by atoms with van der Waals surface area (Å²) in [5, 5.41) is 10.00. The van der Waals surface area contributed by atoms with E-state index in [9.17, 15) is 9.90 Å². The molecule has 30 heavy (non-hydrogen) atoms. The number of nitrogens with one attached hydrogen (secondary N) is 1. The number of aromatic nitrogens is 2. The van der Waals surface area contributed by atoms with Crippen molar-refractivity contribution in [3.8, 4) is 11.4 Å². The molecule has 0 aliphatic heterocycles. The fraction of sp³-hybridized carbons (Fsp3) is 0.333. The second kappa shape index (κ2) is 9.38. The van der Waals surface area contributed by atoms with Crippen molar-refractivity contribution >= 4 is 29.1 Å². The third kappa shape index (κ3) is 4.64. The van der Waals surface area contributed by atoms with E-state index in [1.165, 1.54) is 0 Å². The molecule has 2 heterocycles. The lowest BCUT2D eigenvalue weighted by Gasteiger charge is -2.21. The van der Waals surface area contributed by atoms with E-state index in [0.717, 1.165) is 51.0 Å². The van der Waals surface area contributed by atoms with E-state index in [0.29, 0.717) is 24.5 Å². The van der Waals surface area contributed by atoms with Crippen LogP contribution in [0, 0.1) is 5.92 Å². The maximum atomic E-state index is 11.8. The van der Waals surface area contributed by atoms with Crippen LogP contribution in [0.25, 0.3) is 11.4 Å². The van der Waals surface area contributed by atoms with Gasteiger partial charge >= 0.3 is 0 Å². The van der Waals surface area contributed by atoms with Crippen LogP contribution in [0.15, 0.2) is 53.6 Å². The van der Waals surface area contributed by atoms with Gasteiger partial charge in [0.1, 0.15) is 5.78 Å². The molecule has 0 radical (unpaired) electrons. The Balaban J connectivity index is 1.66. The van der Waals surface area contributed by atoms with Gasteiger partial charge in [0, 0.05) is 35.5 Å². The number of hydrogen-bond acceptors (Lipinski definition) is 4. The second-order valence-corrected chi connectivity index (χ2v) is 9.12. The predicted octanol–water partition coefficient (Wildman–Crippen LogP) is 5.84. The van der Waals surface area contributed by atoms with Crippen LogP contribution in [0.3, 0.4) is 0 Å². The summed E-state index contributed by atoms with van der Waals surface area (Å²) in [7, 11) is 0. The second-order valence-electron chi connectivity index (χ2n) is 7.87. The largest absolute Gasteiger partial charge is 0.392 e. The molecule has 3 aromatic rings. The lowest BCUT2D eigenvalue weighted by atomic mass is 9.86. The van der Waals surface area contributed by atoms with Crippen LogP contribution < -0.4 is 0 Å². The van der Waals surface area contributed by atoms with Gasteiger partial charge in [0.15, 0.2) is 0 Å². The van der Waals surface area contributed by atoms with Crippen molar-refractivity contribution in [2.75, 3.05) is 6.26 Å². The van der Waals surface area contributed by atoms with E-state index in [-0.39, 0.29) is 12.5 Å². The molecule has 0 spiro atoms. The van der Waals surface area contributed by atoms with Crippen LogP contribution in [0.4, 0.5) is 0 Å². The predicted molar refractivity (Wildman–Crippen MR) is 122 cm³/mol. The summed E-state index contributed by atoms with van der Waals surface area (Å²) in [4.78, 5) is 20.9. The summed E-state index contributed by atoms with van der Waals surface area (Å²) in [5.41, 5.74) is 4.83. The first-order valence-electron chi connectivity index (χ1n) is 10.2. The summed E-state index contributed by atoms with van der Waals surface area (Å²) in [5.74, 6) is 0.907. The zero-order chi connectivity index (χ0) is 21.1. The van der Waals surface area contributed by atoms with Gasteiger partial charge in [-0.25, -0.2) is 0 Å². The molecule has 1 aliphatic carbocycles. The molecule has 4 rings (SSSR count). The van der Waals surface area contributed by atoms with Crippen LogP contribution in [-0.4, -0.2) is 27.1 Å². The Morgan fingerprint density at radius 3 is 2.77 bits per heavy atom. The molecule has 4 nitrogen and oxygen atoms in total. The highest BCUT2D eigenvalue weighted by atomic mass is 35.5. The van der Waals surface area contributed by atoms with E-state index >= 15 is 0 Å². The van der Waals surface area contributed by atoms with Gasteiger partial charge in [-0.2, -0.15) is 0 Å². The first-order chi connectivity index (χ1) is 14.6. The number of aliphatic hydroxyl groups is 1. The average Bonchev–Trinajstić information content (AvgIpc) is 3.41. The molecule has 2 atom stereocenters. The Labute approximate surface area is 186 Å². The monoisotopic (exact) mass is 440 g/mol. The molecule has 0 saturated heterocycles. The van der Waals surface area contributed by atoms with E-state index in [4.69, 9.17) is 11.6 Å². The molecule has 2 aromatic heterocycles. The molecule has 0 amide bonds. The maximum absolute atomic E-state index is 11.8. The van der Waals surface area contributed by atoms with Gasteiger partial charge < -0.3 is 10.1 Å². The minimum atomic E-state index is -0.0156. The maximum Gasteiger partial charge on any atom is 0.133 e.